The third-order valence-corrected chi connectivity index (χ3v) is 3.62. The topological polar surface area (TPSA) is 79.5 Å². The van der Waals surface area contributed by atoms with Crippen molar-refractivity contribution in [1.82, 2.24) is 4.57 Å². The molecule has 2 aromatic rings. The average molecular weight is 289 g/mol. The van der Waals surface area contributed by atoms with E-state index in [0.717, 1.165) is 30.3 Å². The standard InChI is InChI=1S/C16H19NO4/c1-2-3-8-17-10-13(11-6-4-5-7-14(11)17)12(16(20)21)9-15(18)19/h4-7,10,12H,2-3,8-9H2,1H3,(H,18,19)(H,20,21)/t12-/m1/s1. The molecule has 1 atom stereocenters. The van der Waals surface area contributed by atoms with E-state index < -0.39 is 24.3 Å². The second kappa shape index (κ2) is 6.43. The van der Waals surface area contributed by atoms with Gasteiger partial charge in [0.15, 0.2) is 0 Å². The number of rotatable bonds is 7. The second-order valence-electron chi connectivity index (χ2n) is 5.14. The van der Waals surface area contributed by atoms with Crippen molar-refractivity contribution in [3.63, 3.8) is 0 Å². The first kappa shape index (κ1) is 15.1. The summed E-state index contributed by atoms with van der Waals surface area (Å²) in [6.45, 7) is 2.90. The van der Waals surface area contributed by atoms with Crippen molar-refractivity contribution in [2.45, 2.75) is 38.6 Å². The number of benzene rings is 1. The molecule has 0 spiro atoms. The molecular formula is C16H19NO4. The van der Waals surface area contributed by atoms with Crippen LogP contribution in [0.3, 0.4) is 0 Å². The first-order valence-corrected chi connectivity index (χ1v) is 7.07. The normalized spacial score (nSPS) is 12.4. The third-order valence-electron chi connectivity index (χ3n) is 3.62. The molecule has 1 heterocycles. The number of carboxylic acids is 2. The highest BCUT2D eigenvalue weighted by Crippen LogP contribution is 2.30. The van der Waals surface area contributed by atoms with Crippen molar-refractivity contribution in [3.05, 3.63) is 36.0 Å². The van der Waals surface area contributed by atoms with Gasteiger partial charge in [0.2, 0.25) is 0 Å². The lowest BCUT2D eigenvalue weighted by atomic mass is 9.95. The molecule has 1 aromatic carbocycles. The summed E-state index contributed by atoms with van der Waals surface area (Å²) in [6.07, 6.45) is 3.42. The fourth-order valence-corrected chi connectivity index (χ4v) is 2.57. The molecule has 5 heteroatoms. The van der Waals surface area contributed by atoms with Gasteiger partial charge in [0.25, 0.3) is 0 Å². The summed E-state index contributed by atoms with van der Waals surface area (Å²) in [4.78, 5) is 22.4. The van der Waals surface area contributed by atoms with Crippen molar-refractivity contribution < 1.29 is 19.8 Å². The van der Waals surface area contributed by atoms with E-state index in [1.807, 2.05) is 28.8 Å². The predicted octanol–water partition coefficient (Wildman–Crippen LogP) is 3.08. The Hall–Kier alpha value is -2.30. The van der Waals surface area contributed by atoms with Crippen LogP contribution in [0.2, 0.25) is 0 Å². The number of aromatic nitrogens is 1. The van der Waals surface area contributed by atoms with Crippen molar-refractivity contribution in [1.29, 1.82) is 0 Å². The van der Waals surface area contributed by atoms with E-state index in [2.05, 4.69) is 6.92 Å². The summed E-state index contributed by atoms with van der Waals surface area (Å²) in [7, 11) is 0. The quantitative estimate of drug-likeness (QED) is 0.821. The summed E-state index contributed by atoms with van der Waals surface area (Å²) >= 11 is 0. The van der Waals surface area contributed by atoms with Gasteiger partial charge in [-0.15, -0.1) is 0 Å². The first-order chi connectivity index (χ1) is 10.0. The fraction of sp³-hybridized carbons (Fsp3) is 0.375. The molecule has 0 aliphatic carbocycles. The zero-order valence-electron chi connectivity index (χ0n) is 12.0. The molecule has 0 amide bonds. The van der Waals surface area contributed by atoms with Crippen molar-refractivity contribution in [2.75, 3.05) is 0 Å². The molecule has 2 N–H and O–H groups in total. The van der Waals surface area contributed by atoms with Crippen molar-refractivity contribution in [3.8, 4) is 0 Å². The van der Waals surface area contributed by atoms with Crippen LogP contribution in [0.4, 0.5) is 0 Å². The third kappa shape index (κ3) is 3.24. The minimum atomic E-state index is -1.10. The maximum Gasteiger partial charge on any atom is 0.311 e. The number of para-hydroxylation sites is 1. The fourth-order valence-electron chi connectivity index (χ4n) is 2.57. The zero-order valence-corrected chi connectivity index (χ0v) is 12.0. The number of aliphatic carboxylic acids is 2. The average Bonchev–Trinajstić information content (AvgIpc) is 2.81. The maximum absolute atomic E-state index is 11.4. The van der Waals surface area contributed by atoms with Gasteiger partial charge in [0, 0.05) is 23.6 Å². The number of carbonyl (C=O) groups is 2. The van der Waals surface area contributed by atoms with E-state index in [4.69, 9.17) is 5.11 Å². The summed E-state index contributed by atoms with van der Waals surface area (Å²) in [5.41, 5.74) is 1.54. The Bertz CT molecular complexity index is 659. The van der Waals surface area contributed by atoms with Crippen LogP contribution in [0, 0.1) is 0 Å². The van der Waals surface area contributed by atoms with Crippen molar-refractivity contribution >= 4 is 22.8 Å². The van der Waals surface area contributed by atoms with Gasteiger partial charge in [-0.25, -0.2) is 0 Å². The van der Waals surface area contributed by atoms with E-state index in [0.29, 0.717) is 5.56 Å². The van der Waals surface area contributed by atoms with Gasteiger partial charge >= 0.3 is 11.9 Å². The van der Waals surface area contributed by atoms with Crippen molar-refractivity contribution in [2.24, 2.45) is 0 Å². The largest absolute Gasteiger partial charge is 0.481 e. The number of hydrogen-bond donors (Lipinski definition) is 2. The van der Waals surface area contributed by atoms with Crippen LogP contribution in [0.1, 0.15) is 37.7 Å². The molecule has 0 unspecified atom stereocenters. The van der Waals surface area contributed by atoms with Gasteiger partial charge in [0.05, 0.1) is 12.3 Å². The monoisotopic (exact) mass is 289 g/mol. The summed E-state index contributed by atoms with van der Waals surface area (Å²) in [6, 6.07) is 7.54. The van der Waals surface area contributed by atoms with Gasteiger partial charge < -0.3 is 14.8 Å². The van der Waals surface area contributed by atoms with Crippen LogP contribution < -0.4 is 0 Å². The van der Waals surface area contributed by atoms with Crippen LogP contribution in [0.25, 0.3) is 10.9 Å². The molecule has 0 aliphatic heterocycles. The Labute approximate surface area is 122 Å². The number of carboxylic acid groups (broad SMARTS) is 2. The molecule has 0 fully saturated rings. The van der Waals surface area contributed by atoms with E-state index >= 15 is 0 Å². The van der Waals surface area contributed by atoms with E-state index in [1.165, 1.54) is 0 Å². The maximum atomic E-state index is 11.4. The van der Waals surface area contributed by atoms with Gasteiger partial charge in [-0.3, -0.25) is 9.59 Å². The molecule has 0 radical (unpaired) electrons. The minimum Gasteiger partial charge on any atom is -0.481 e. The smallest absolute Gasteiger partial charge is 0.311 e. The molecule has 1 aromatic heterocycles. The molecule has 0 bridgehead atoms. The zero-order chi connectivity index (χ0) is 15.4. The SMILES string of the molecule is CCCCn1cc([C@@H](CC(=O)O)C(=O)O)c2ccccc21. The van der Waals surface area contributed by atoms with E-state index in [-0.39, 0.29) is 0 Å². The summed E-state index contributed by atoms with van der Waals surface area (Å²) < 4.78 is 2.02. The summed E-state index contributed by atoms with van der Waals surface area (Å²) in [5.74, 6) is -3.22. The Morgan fingerprint density at radius 1 is 1.24 bits per heavy atom. The van der Waals surface area contributed by atoms with Gasteiger partial charge in [-0.05, 0) is 18.1 Å². The summed E-state index contributed by atoms with van der Waals surface area (Å²) in [5, 5.41) is 19.1. The molecule has 0 aliphatic rings. The lowest BCUT2D eigenvalue weighted by Gasteiger charge is -2.08. The Balaban J connectivity index is 2.51. The molecule has 0 saturated heterocycles. The lowest BCUT2D eigenvalue weighted by Crippen LogP contribution is -2.15. The highest BCUT2D eigenvalue weighted by molar-refractivity contribution is 5.91. The Morgan fingerprint density at radius 2 is 1.95 bits per heavy atom. The minimum absolute atomic E-state index is 0.406. The number of aryl methyl sites for hydroxylation is 1. The molecule has 2 rings (SSSR count). The second-order valence-corrected chi connectivity index (χ2v) is 5.14. The molecular weight excluding hydrogens is 270 g/mol. The molecule has 21 heavy (non-hydrogen) atoms. The number of nitrogens with zero attached hydrogens (tertiary/aromatic N) is 1. The highest BCUT2D eigenvalue weighted by Gasteiger charge is 2.26. The Kier molecular flexibility index (Phi) is 4.62. The predicted molar refractivity (Wildman–Crippen MR) is 79.5 cm³/mol. The highest BCUT2D eigenvalue weighted by atomic mass is 16.4. The van der Waals surface area contributed by atoms with E-state index in [1.54, 1.807) is 6.20 Å². The van der Waals surface area contributed by atoms with Crippen LogP contribution in [-0.4, -0.2) is 26.7 Å². The molecule has 112 valence electrons. The van der Waals surface area contributed by atoms with Crippen LogP contribution >= 0.6 is 0 Å². The lowest BCUT2D eigenvalue weighted by molar-refractivity contribution is -0.145. The number of fused-ring (bicyclic) bond motifs is 1. The van der Waals surface area contributed by atoms with Gasteiger partial charge in [0.1, 0.15) is 0 Å². The van der Waals surface area contributed by atoms with Gasteiger partial charge in [-0.2, -0.15) is 0 Å². The van der Waals surface area contributed by atoms with Crippen LogP contribution in [0.5, 0.6) is 0 Å². The first-order valence-electron chi connectivity index (χ1n) is 7.07. The van der Waals surface area contributed by atoms with Crippen LogP contribution in [-0.2, 0) is 16.1 Å². The molecule has 5 nitrogen and oxygen atoms in total. The van der Waals surface area contributed by atoms with Crippen LogP contribution in [0.15, 0.2) is 30.5 Å². The van der Waals surface area contributed by atoms with E-state index in [9.17, 15) is 14.7 Å². The number of unbranched alkanes of at least 4 members (excludes halogenated alkanes) is 1. The van der Waals surface area contributed by atoms with Gasteiger partial charge in [-0.1, -0.05) is 31.5 Å². The molecule has 0 saturated carbocycles. The number of hydrogen-bond acceptors (Lipinski definition) is 2. The Morgan fingerprint density at radius 3 is 2.57 bits per heavy atom.